The van der Waals surface area contributed by atoms with Gasteiger partial charge >= 0.3 is 0 Å². The first kappa shape index (κ1) is 9.05. The van der Waals surface area contributed by atoms with Crippen LogP contribution in [0.4, 0.5) is 0 Å². The van der Waals surface area contributed by atoms with Gasteiger partial charge in [0, 0.05) is 0 Å². The van der Waals surface area contributed by atoms with E-state index in [1.807, 2.05) is 0 Å². The molecule has 0 aromatic carbocycles. The molecule has 0 aromatic rings. The minimum absolute atomic E-state index is 0.386. The van der Waals surface area contributed by atoms with Crippen molar-refractivity contribution in [2.75, 3.05) is 0 Å². The molecular formula is C10H20O. The summed E-state index contributed by atoms with van der Waals surface area (Å²) in [4.78, 5) is 0. The lowest BCUT2D eigenvalue weighted by Crippen LogP contribution is -2.28. The van der Waals surface area contributed by atoms with E-state index in [2.05, 4.69) is 27.7 Å². The molecule has 1 aliphatic carbocycles. The molecule has 1 rings (SSSR count). The standard InChI is InChI=1S/C10H20O/c1-8(2)11-9-6-5-7-10(9,3)4/h8-9H,5-7H2,1-4H3/t9-/m1/s1. The van der Waals surface area contributed by atoms with Crippen molar-refractivity contribution in [2.45, 2.75) is 59.2 Å². The lowest BCUT2D eigenvalue weighted by atomic mass is 9.89. The van der Waals surface area contributed by atoms with Crippen LogP contribution in [0, 0.1) is 5.41 Å². The van der Waals surface area contributed by atoms with Crippen molar-refractivity contribution in [1.82, 2.24) is 0 Å². The van der Waals surface area contributed by atoms with E-state index >= 15 is 0 Å². The van der Waals surface area contributed by atoms with Gasteiger partial charge in [-0.25, -0.2) is 0 Å². The highest BCUT2D eigenvalue weighted by Gasteiger charge is 2.35. The fraction of sp³-hybridized carbons (Fsp3) is 1.00. The van der Waals surface area contributed by atoms with E-state index in [9.17, 15) is 0 Å². The molecule has 0 saturated heterocycles. The number of hydrogen-bond donors (Lipinski definition) is 0. The maximum atomic E-state index is 5.83. The minimum atomic E-state index is 0.386. The molecule has 0 amide bonds. The summed E-state index contributed by atoms with van der Waals surface area (Å²) in [5.74, 6) is 0. The first-order valence-electron chi connectivity index (χ1n) is 4.68. The fourth-order valence-corrected chi connectivity index (χ4v) is 1.88. The second-order valence-corrected chi connectivity index (χ2v) is 4.55. The molecule has 0 aromatic heterocycles. The van der Waals surface area contributed by atoms with Gasteiger partial charge in [-0.1, -0.05) is 20.3 Å². The Labute approximate surface area is 70.1 Å². The van der Waals surface area contributed by atoms with Crippen molar-refractivity contribution in [1.29, 1.82) is 0 Å². The van der Waals surface area contributed by atoms with Crippen LogP contribution in [0.3, 0.4) is 0 Å². The summed E-state index contributed by atoms with van der Waals surface area (Å²) in [6.07, 6.45) is 4.81. The van der Waals surface area contributed by atoms with Crippen molar-refractivity contribution in [2.24, 2.45) is 5.41 Å². The molecule has 0 heterocycles. The molecule has 66 valence electrons. The van der Waals surface area contributed by atoms with Crippen molar-refractivity contribution in [3.05, 3.63) is 0 Å². The first-order valence-corrected chi connectivity index (χ1v) is 4.68. The second-order valence-electron chi connectivity index (χ2n) is 4.55. The molecule has 0 aliphatic heterocycles. The molecule has 1 aliphatic rings. The molecule has 0 N–H and O–H groups in total. The minimum Gasteiger partial charge on any atom is -0.375 e. The molecule has 1 saturated carbocycles. The lowest BCUT2D eigenvalue weighted by molar-refractivity contribution is -0.0409. The van der Waals surface area contributed by atoms with Gasteiger partial charge in [-0.2, -0.15) is 0 Å². The maximum absolute atomic E-state index is 5.83. The molecule has 1 nitrogen and oxygen atoms in total. The summed E-state index contributed by atoms with van der Waals surface area (Å²) in [6.45, 7) is 8.86. The molecular weight excluding hydrogens is 136 g/mol. The highest BCUT2D eigenvalue weighted by molar-refractivity contribution is 4.86. The zero-order valence-corrected chi connectivity index (χ0v) is 8.18. The van der Waals surface area contributed by atoms with Gasteiger partial charge in [-0.3, -0.25) is 0 Å². The summed E-state index contributed by atoms with van der Waals surface area (Å²) in [7, 11) is 0. The van der Waals surface area contributed by atoms with Crippen LogP contribution >= 0.6 is 0 Å². The Morgan fingerprint density at radius 1 is 1.36 bits per heavy atom. The van der Waals surface area contributed by atoms with Crippen molar-refractivity contribution < 1.29 is 4.74 Å². The Morgan fingerprint density at radius 2 is 2.00 bits per heavy atom. The van der Waals surface area contributed by atoms with Crippen LogP contribution in [0.25, 0.3) is 0 Å². The Bertz CT molecular complexity index is 127. The zero-order chi connectivity index (χ0) is 8.48. The van der Waals surface area contributed by atoms with Crippen LogP contribution in [0.15, 0.2) is 0 Å². The van der Waals surface area contributed by atoms with Gasteiger partial charge in [-0.15, -0.1) is 0 Å². The van der Waals surface area contributed by atoms with Gasteiger partial charge in [0.05, 0.1) is 12.2 Å². The zero-order valence-electron chi connectivity index (χ0n) is 8.18. The highest BCUT2D eigenvalue weighted by atomic mass is 16.5. The maximum Gasteiger partial charge on any atom is 0.0629 e. The summed E-state index contributed by atoms with van der Waals surface area (Å²) < 4.78 is 5.83. The average Bonchev–Trinajstić information content (AvgIpc) is 2.10. The molecule has 0 unspecified atom stereocenters. The van der Waals surface area contributed by atoms with E-state index in [0.29, 0.717) is 17.6 Å². The third kappa shape index (κ3) is 2.19. The van der Waals surface area contributed by atoms with E-state index in [0.717, 1.165) is 0 Å². The van der Waals surface area contributed by atoms with Gasteiger partial charge in [0.15, 0.2) is 0 Å². The quantitative estimate of drug-likeness (QED) is 0.597. The number of ether oxygens (including phenoxy) is 1. The molecule has 0 spiro atoms. The van der Waals surface area contributed by atoms with Gasteiger partial charge in [0.2, 0.25) is 0 Å². The van der Waals surface area contributed by atoms with Crippen molar-refractivity contribution >= 4 is 0 Å². The van der Waals surface area contributed by atoms with Crippen molar-refractivity contribution in [3.63, 3.8) is 0 Å². The Morgan fingerprint density at radius 3 is 2.36 bits per heavy atom. The van der Waals surface area contributed by atoms with Gasteiger partial charge < -0.3 is 4.74 Å². The molecule has 1 fully saturated rings. The van der Waals surface area contributed by atoms with Crippen LogP contribution in [-0.4, -0.2) is 12.2 Å². The Balaban J connectivity index is 2.45. The Kier molecular flexibility index (Phi) is 2.58. The van der Waals surface area contributed by atoms with Gasteiger partial charge in [0.1, 0.15) is 0 Å². The SMILES string of the molecule is CC(C)O[C@@H]1CCCC1(C)C. The van der Waals surface area contributed by atoms with E-state index in [4.69, 9.17) is 4.74 Å². The van der Waals surface area contributed by atoms with Gasteiger partial charge in [-0.05, 0) is 32.1 Å². The summed E-state index contributed by atoms with van der Waals surface area (Å²) in [5, 5.41) is 0. The molecule has 0 radical (unpaired) electrons. The van der Waals surface area contributed by atoms with E-state index in [1.165, 1.54) is 19.3 Å². The Hall–Kier alpha value is -0.0400. The largest absolute Gasteiger partial charge is 0.375 e. The lowest BCUT2D eigenvalue weighted by Gasteiger charge is -2.28. The highest BCUT2D eigenvalue weighted by Crippen LogP contribution is 2.39. The van der Waals surface area contributed by atoms with Gasteiger partial charge in [0.25, 0.3) is 0 Å². The average molecular weight is 156 g/mol. The first-order chi connectivity index (χ1) is 5.02. The van der Waals surface area contributed by atoms with Crippen LogP contribution in [-0.2, 0) is 4.74 Å². The number of rotatable bonds is 2. The third-order valence-corrected chi connectivity index (χ3v) is 2.60. The topological polar surface area (TPSA) is 9.23 Å². The smallest absolute Gasteiger partial charge is 0.0629 e. The van der Waals surface area contributed by atoms with E-state index < -0.39 is 0 Å². The predicted octanol–water partition coefficient (Wildman–Crippen LogP) is 2.99. The molecule has 11 heavy (non-hydrogen) atoms. The number of hydrogen-bond acceptors (Lipinski definition) is 1. The normalized spacial score (nSPS) is 29.7. The molecule has 1 atom stereocenters. The summed E-state index contributed by atoms with van der Waals surface area (Å²) in [6, 6.07) is 0. The third-order valence-electron chi connectivity index (χ3n) is 2.60. The summed E-state index contributed by atoms with van der Waals surface area (Å²) >= 11 is 0. The monoisotopic (exact) mass is 156 g/mol. The van der Waals surface area contributed by atoms with Crippen LogP contribution in [0.1, 0.15) is 47.0 Å². The van der Waals surface area contributed by atoms with Crippen LogP contribution in [0.5, 0.6) is 0 Å². The summed E-state index contributed by atoms with van der Waals surface area (Å²) in [5.41, 5.74) is 0.421. The van der Waals surface area contributed by atoms with Crippen molar-refractivity contribution in [3.8, 4) is 0 Å². The van der Waals surface area contributed by atoms with Crippen LogP contribution in [0.2, 0.25) is 0 Å². The molecule has 0 bridgehead atoms. The van der Waals surface area contributed by atoms with E-state index in [-0.39, 0.29) is 0 Å². The van der Waals surface area contributed by atoms with Crippen LogP contribution < -0.4 is 0 Å². The predicted molar refractivity (Wildman–Crippen MR) is 47.6 cm³/mol. The van der Waals surface area contributed by atoms with E-state index in [1.54, 1.807) is 0 Å². The molecule has 1 heteroatoms. The fourth-order valence-electron chi connectivity index (χ4n) is 1.88. The second kappa shape index (κ2) is 3.14.